The smallest absolute Gasteiger partial charge is 0.158 e. The molecule has 0 bridgehead atoms. The molecule has 0 spiro atoms. The van der Waals surface area contributed by atoms with E-state index in [1.54, 1.807) is 6.20 Å². The normalized spacial score (nSPS) is 20.9. The Hall–Kier alpha value is -0.970. The lowest BCUT2D eigenvalue weighted by atomic mass is 10.2. The van der Waals surface area contributed by atoms with Crippen LogP contribution in [0.2, 0.25) is 0 Å². The predicted octanol–water partition coefficient (Wildman–Crippen LogP) is 1.62. The van der Waals surface area contributed by atoms with Gasteiger partial charge in [0.15, 0.2) is 6.29 Å². The number of aliphatic hydroxyl groups is 1. The van der Waals surface area contributed by atoms with Gasteiger partial charge in [-0.1, -0.05) is 6.07 Å². The largest absolute Gasteiger partial charge is 0.392 e. The van der Waals surface area contributed by atoms with Gasteiger partial charge >= 0.3 is 0 Å². The van der Waals surface area contributed by atoms with Gasteiger partial charge in [-0.05, 0) is 30.9 Å². The van der Waals surface area contributed by atoms with Crippen LogP contribution < -0.4 is 0 Å². The number of hydrogen-bond donors (Lipinski definition) is 1. The van der Waals surface area contributed by atoms with Crippen molar-refractivity contribution in [2.24, 2.45) is 0 Å². The molecule has 1 atom stereocenters. The molecule has 0 unspecified atom stereocenters. The molecular weight excluding hydrogens is 206 g/mol. The van der Waals surface area contributed by atoms with Crippen LogP contribution in [0.5, 0.6) is 0 Å². The fraction of sp³-hybridized carbons (Fsp3) is 0.583. The maximum absolute atomic E-state index is 8.87. The zero-order valence-corrected chi connectivity index (χ0v) is 9.26. The van der Waals surface area contributed by atoms with Crippen molar-refractivity contribution in [2.75, 3.05) is 6.61 Å². The molecule has 1 fully saturated rings. The Morgan fingerprint density at radius 2 is 2.38 bits per heavy atom. The van der Waals surface area contributed by atoms with Crippen LogP contribution in [0.3, 0.4) is 0 Å². The Balaban J connectivity index is 1.79. The van der Waals surface area contributed by atoms with Crippen molar-refractivity contribution in [1.29, 1.82) is 0 Å². The molecule has 1 aromatic rings. The average molecular weight is 223 g/mol. The zero-order chi connectivity index (χ0) is 11.2. The molecular formula is C12H17NO3. The van der Waals surface area contributed by atoms with Crippen molar-refractivity contribution in [3.05, 3.63) is 29.6 Å². The van der Waals surface area contributed by atoms with Crippen molar-refractivity contribution < 1.29 is 14.6 Å². The van der Waals surface area contributed by atoms with Gasteiger partial charge in [-0.25, -0.2) is 0 Å². The second-order valence-electron chi connectivity index (χ2n) is 3.92. The molecule has 0 saturated carbocycles. The van der Waals surface area contributed by atoms with Crippen molar-refractivity contribution in [3.8, 4) is 0 Å². The molecule has 2 rings (SSSR count). The van der Waals surface area contributed by atoms with Gasteiger partial charge in [-0.2, -0.15) is 0 Å². The Labute approximate surface area is 95.2 Å². The maximum Gasteiger partial charge on any atom is 0.158 e. The molecule has 1 aromatic heterocycles. The minimum atomic E-state index is -0.0759. The molecule has 16 heavy (non-hydrogen) atoms. The summed E-state index contributed by atoms with van der Waals surface area (Å²) in [4.78, 5) is 4.19. The Bertz CT molecular complexity index is 307. The van der Waals surface area contributed by atoms with Gasteiger partial charge in [0.25, 0.3) is 0 Å². The third-order valence-electron chi connectivity index (χ3n) is 2.62. The van der Waals surface area contributed by atoms with Gasteiger partial charge in [0.05, 0.1) is 18.9 Å². The SMILES string of the molecule is OCc1ccc(CO[C@H]2CCCCO2)nc1. The average Bonchev–Trinajstić information content (AvgIpc) is 2.38. The third-order valence-corrected chi connectivity index (χ3v) is 2.62. The third kappa shape index (κ3) is 3.27. The summed E-state index contributed by atoms with van der Waals surface area (Å²) in [5, 5.41) is 8.87. The van der Waals surface area contributed by atoms with Crippen LogP contribution in [0.1, 0.15) is 30.5 Å². The summed E-state index contributed by atoms with van der Waals surface area (Å²) in [7, 11) is 0. The van der Waals surface area contributed by atoms with E-state index < -0.39 is 0 Å². The first-order valence-corrected chi connectivity index (χ1v) is 5.66. The molecule has 4 heteroatoms. The van der Waals surface area contributed by atoms with Gasteiger partial charge < -0.3 is 14.6 Å². The highest BCUT2D eigenvalue weighted by atomic mass is 16.7. The Morgan fingerprint density at radius 1 is 1.44 bits per heavy atom. The molecule has 2 heterocycles. The number of aromatic nitrogens is 1. The molecule has 1 aliphatic heterocycles. The fourth-order valence-corrected chi connectivity index (χ4v) is 1.65. The monoisotopic (exact) mass is 223 g/mol. The van der Waals surface area contributed by atoms with Crippen LogP contribution in [0.15, 0.2) is 18.3 Å². The molecule has 88 valence electrons. The fourth-order valence-electron chi connectivity index (χ4n) is 1.65. The van der Waals surface area contributed by atoms with E-state index in [4.69, 9.17) is 14.6 Å². The number of rotatable bonds is 4. The lowest BCUT2D eigenvalue weighted by Gasteiger charge is -2.22. The van der Waals surface area contributed by atoms with Crippen molar-refractivity contribution >= 4 is 0 Å². The Kier molecular flexibility index (Phi) is 4.27. The number of hydrogen-bond acceptors (Lipinski definition) is 4. The summed E-state index contributed by atoms with van der Waals surface area (Å²) in [6.07, 6.45) is 4.85. The predicted molar refractivity (Wildman–Crippen MR) is 58.5 cm³/mol. The van der Waals surface area contributed by atoms with Crippen LogP contribution in [0, 0.1) is 0 Å². The molecule has 0 radical (unpaired) electrons. The molecule has 4 nitrogen and oxygen atoms in total. The van der Waals surface area contributed by atoms with Crippen LogP contribution in [0.4, 0.5) is 0 Å². The van der Waals surface area contributed by atoms with Gasteiger partial charge in [0, 0.05) is 12.8 Å². The second kappa shape index (κ2) is 5.94. The van der Waals surface area contributed by atoms with E-state index in [1.165, 1.54) is 6.42 Å². The lowest BCUT2D eigenvalue weighted by molar-refractivity contribution is -0.169. The lowest BCUT2D eigenvalue weighted by Crippen LogP contribution is -2.22. The standard InChI is InChI=1S/C12H17NO3/c14-8-10-4-5-11(13-7-10)9-16-12-3-1-2-6-15-12/h4-5,7,12,14H,1-3,6,8-9H2/t12-/m0/s1. The van der Waals surface area contributed by atoms with Crippen LogP contribution >= 0.6 is 0 Å². The Morgan fingerprint density at radius 3 is 3.00 bits per heavy atom. The molecule has 1 aliphatic rings. The quantitative estimate of drug-likeness (QED) is 0.842. The highest BCUT2D eigenvalue weighted by Gasteiger charge is 2.13. The summed E-state index contributed by atoms with van der Waals surface area (Å²) in [6.45, 7) is 1.29. The zero-order valence-electron chi connectivity index (χ0n) is 9.26. The highest BCUT2D eigenvalue weighted by molar-refractivity contribution is 5.12. The number of ether oxygens (including phenoxy) is 2. The number of aliphatic hydroxyl groups excluding tert-OH is 1. The minimum absolute atomic E-state index is 0.0277. The van der Waals surface area contributed by atoms with Crippen molar-refractivity contribution in [1.82, 2.24) is 4.98 Å². The van der Waals surface area contributed by atoms with E-state index in [2.05, 4.69) is 4.98 Å². The maximum atomic E-state index is 8.87. The summed E-state index contributed by atoms with van der Waals surface area (Å²) in [6, 6.07) is 3.72. The molecule has 0 aliphatic carbocycles. The van der Waals surface area contributed by atoms with Gasteiger partial charge in [0.2, 0.25) is 0 Å². The van der Waals surface area contributed by atoms with Gasteiger partial charge in [0.1, 0.15) is 0 Å². The number of nitrogens with zero attached hydrogens (tertiary/aromatic N) is 1. The van der Waals surface area contributed by atoms with E-state index in [9.17, 15) is 0 Å². The second-order valence-corrected chi connectivity index (χ2v) is 3.92. The van der Waals surface area contributed by atoms with E-state index in [1.807, 2.05) is 12.1 Å². The first-order chi connectivity index (χ1) is 7.88. The minimum Gasteiger partial charge on any atom is -0.392 e. The summed E-state index contributed by atoms with van der Waals surface area (Å²) in [5.74, 6) is 0. The van der Waals surface area contributed by atoms with Crippen molar-refractivity contribution in [3.63, 3.8) is 0 Å². The summed E-state index contributed by atoms with van der Waals surface area (Å²) >= 11 is 0. The van der Waals surface area contributed by atoms with E-state index in [0.29, 0.717) is 6.61 Å². The highest BCUT2D eigenvalue weighted by Crippen LogP contribution is 2.15. The summed E-state index contributed by atoms with van der Waals surface area (Å²) < 4.78 is 11.0. The van der Waals surface area contributed by atoms with Crippen LogP contribution in [0.25, 0.3) is 0 Å². The van der Waals surface area contributed by atoms with E-state index in [0.717, 1.165) is 30.7 Å². The molecule has 1 N–H and O–H groups in total. The topological polar surface area (TPSA) is 51.6 Å². The number of pyridine rings is 1. The first-order valence-electron chi connectivity index (χ1n) is 5.66. The van der Waals surface area contributed by atoms with Crippen molar-refractivity contribution in [2.45, 2.75) is 38.8 Å². The summed E-state index contributed by atoms with van der Waals surface area (Å²) in [5.41, 5.74) is 1.68. The van der Waals surface area contributed by atoms with Gasteiger partial charge in [-0.15, -0.1) is 0 Å². The van der Waals surface area contributed by atoms with E-state index >= 15 is 0 Å². The van der Waals surface area contributed by atoms with Crippen LogP contribution in [-0.2, 0) is 22.7 Å². The molecule has 1 saturated heterocycles. The molecule has 0 amide bonds. The van der Waals surface area contributed by atoms with E-state index in [-0.39, 0.29) is 12.9 Å². The first kappa shape index (κ1) is 11.5. The van der Waals surface area contributed by atoms with Gasteiger partial charge in [-0.3, -0.25) is 4.98 Å². The molecule has 0 aromatic carbocycles. The van der Waals surface area contributed by atoms with Crippen LogP contribution in [-0.4, -0.2) is 23.0 Å².